The molecule has 1 heterocycles. The van der Waals surface area contributed by atoms with Crippen LogP contribution in [0.3, 0.4) is 0 Å². The van der Waals surface area contributed by atoms with Crippen molar-refractivity contribution in [3.05, 3.63) is 0 Å². The van der Waals surface area contributed by atoms with Gasteiger partial charge in [0.05, 0.1) is 0 Å². The first-order valence-corrected chi connectivity index (χ1v) is 5.89. The topological polar surface area (TPSA) is 18.5 Å². The molecular formula is C10H9F11O2. The third-order valence-corrected chi connectivity index (χ3v) is 2.94. The summed E-state index contributed by atoms with van der Waals surface area (Å²) in [6.45, 7) is -2.52. The Morgan fingerprint density at radius 1 is 0.783 bits per heavy atom. The van der Waals surface area contributed by atoms with Crippen molar-refractivity contribution in [2.75, 3.05) is 13.2 Å². The molecule has 1 saturated heterocycles. The molecule has 1 rings (SSSR count). The molecule has 1 atom stereocenters. The molecule has 23 heavy (non-hydrogen) atoms. The van der Waals surface area contributed by atoms with E-state index in [-0.39, 0.29) is 19.4 Å². The second-order valence-corrected chi connectivity index (χ2v) is 4.68. The van der Waals surface area contributed by atoms with E-state index in [0.29, 0.717) is 0 Å². The lowest BCUT2D eigenvalue weighted by Crippen LogP contribution is -2.67. The minimum atomic E-state index is -7.40. The molecule has 0 radical (unpaired) electrons. The van der Waals surface area contributed by atoms with Crippen LogP contribution in [0.5, 0.6) is 0 Å². The maximum Gasteiger partial charge on any atom is 0.460 e. The molecule has 138 valence electrons. The number of alkyl halides is 11. The lowest BCUT2D eigenvalue weighted by Gasteiger charge is -2.37. The van der Waals surface area contributed by atoms with E-state index < -0.39 is 42.8 Å². The molecule has 1 aliphatic heterocycles. The first-order chi connectivity index (χ1) is 10.1. The fourth-order valence-electron chi connectivity index (χ4n) is 1.57. The van der Waals surface area contributed by atoms with Gasteiger partial charge in [-0.3, -0.25) is 0 Å². The molecule has 13 heteroatoms. The highest BCUT2D eigenvalue weighted by atomic mass is 19.4. The smallest absolute Gasteiger partial charge is 0.353 e. The average Bonchev–Trinajstić information content (AvgIpc) is 2.87. The molecule has 1 aliphatic rings. The molecule has 0 aliphatic carbocycles. The van der Waals surface area contributed by atoms with Crippen LogP contribution in [-0.4, -0.2) is 49.4 Å². The molecule has 0 spiro atoms. The van der Waals surface area contributed by atoms with E-state index in [4.69, 9.17) is 0 Å². The summed E-state index contributed by atoms with van der Waals surface area (Å²) < 4.78 is 147. The van der Waals surface area contributed by atoms with Crippen molar-refractivity contribution < 1.29 is 57.8 Å². The van der Waals surface area contributed by atoms with Crippen LogP contribution in [0.2, 0.25) is 0 Å². The first kappa shape index (κ1) is 20.2. The van der Waals surface area contributed by atoms with Crippen molar-refractivity contribution in [1.29, 1.82) is 0 Å². The molecule has 0 bridgehead atoms. The Balaban J connectivity index is 3.00. The largest absolute Gasteiger partial charge is 0.460 e. The lowest BCUT2D eigenvalue weighted by molar-refractivity contribution is -0.425. The maximum atomic E-state index is 13.2. The zero-order valence-corrected chi connectivity index (χ0v) is 10.9. The minimum absolute atomic E-state index is 0.00502. The zero-order valence-electron chi connectivity index (χ0n) is 10.9. The summed E-state index contributed by atoms with van der Waals surface area (Å²) in [5.74, 6) is -27.8. The Bertz CT molecular complexity index is 412. The molecule has 0 aromatic heterocycles. The molecule has 0 aromatic carbocycles. The van der Waals surface area contributed by atoms with Gasteiger partial charge in [0.2, 0.25) is 0 Å². The molecule has 0 amide bonds. The van der Waals surface area contributed by atoms with E-state index in [2.05, 4.69) is 9.47 Å². The molecule has 0 N–H and O–H groups in total. The number of ether oxygens (including phenoxy) is 2. The van der Waals surface area contributed by atoms with Crippen LogP contribution in [0, 0.1) is 0 Å². The maximum absolute atomic E-state index is 13.2. The Labute approximate surface area is 121 Å². The highest BCUT2D eigenvalue weighted by Crippen LogP contribution is 2.57. The van der Waals surface area contributed by atoms with E-state index in [1.165, 1.54) is 0 Å². The van der Waals surface area contributed by atoms with Gasteiger partial charge < -0.3 is 9.47 Å². The second kappa shape index (κ2) is 5.90. The highest BCUT2D eigenvalue weighted by Gasteiger charge is 2.87. The van der Waals surface area contributed by atoms with Crippen molar-refractivity contribution in [3.63, 3.8) is 0 Å². The van der Waals surface area contributed by atoms with Crippen LogP contribution >= 0.6 is 0 Å². The van der Waals surface area contributed by atoms with Gasteiger partial charge >= 0.3 is 29.9 Å². The summed E-state index contributed by atoms with van der Waals surface area (Å²) in [6, 6.07) is 0. The van der Waals surface area contributed by atoms with E-state index in [1.807, 2.05) is 0 Å². The highest BCUT2D eigenvalue weighted by molar-refractivity contribution is 5.06. The van der Waals surface area contributed by atoms with Gasteiger partial charge in [0.15, 0.2) is 6.29 Å². The molecule has 1 fully saturated rings. The van der Waals surface area contributed by atoms with Gasteiger partial charge in [-0.25, -0.2) is 0 Å². The predicted molar refractivity (Wildman–Crippen MR) is 50.8 cm³/mol. The molecule has 0 saturated carbocycles. The number of rotatable bonds is 6. The van der Waals surface area contributed by atoms with Crippen molar-refractivity contribution >= 4 is 0 Å². The molecule has 1 unspecified atom stereocenters. The Kier molecular flexibility index (Phi) is 5.18. The van der Waals surface area contributed by atoms with Crippen LogP contribution in [-0.2, 0) is 9.47 Å². The van der Waals surface area contributed by atoms with Crippen LogP contribution in [0.15, 0.2) is 0 Å². The zero-order chi connectivity index (χ0) is 18.3. The van der Waals surface area contributed by atoms with Crippen molar-refractivity contribution in [2.24, 2.45) is 0 Å². The number of hydrogen-bond acceptors (Lipinski definition) is 2. The van der Waals surface area contributed by atoms with Crippen LogP contribution in [0.4, 0.5) is 48.3 Å². The summed E-state index contributed by atoms with van der Waals surface area (Å²) in [7, 11) is 0. The summed E-state index contributed by atoms with van der Waals surface area (Å²) in [5.41, 5.74) is 0. The Hall–Kier alpha value is -0.850. The van der Waals surface area contributed by atoms with Crippen molar-refractivity contribution in [3.8, 4) is 0 Å². The van der Waals surface area contributed by atoms with E-state index >= 15 is 0 Å². The second-order valence-electron chi connectivity index (χ2n) is 4.68. The summed E-state index contributed by atoms with van der Waals surface area (Å²) >= 11 is 0. The van der Waals surface area contributed by atoms with Gasteiger partial charge in [-0.15, -0.1) is 0 Å². The van der Waals surface area contributed by atoms with Crippen LogP contribution < -0.4 is 0 Å². The van der Waals surface area contributed by atoms with Crippen molar-refractivity contribution in [1.82, 2.24) is 0 Å². The third-order valence-electron chi connectivity index (χ3n) is 2.94. The molecular weight excluding hydrogens is 361 g/mol. The van der Waals surface area contributed by atoms with Crippen LogP contribution in [0.1, 0.15) is 12.8 Å². The fourth-order valence-corrected chi connectivity index (χ4v) is 1.57. The standard InChI is InChI=1S/C10H9F11O2/c11-6(12,4-23-5-2-1-3-22-5)7(13,14)8(15,16)9(17,18)10(19,20)21/h5H,1-4H2. The third kappa shape index (κ3) is 3.35. The van der Waals surface area contributed by atoms with Gasteiger partial charge in [0.1, 0.15) is 6.61 Å². The first-order valence-electron chi connectivity index (χ1n) is 5.89. The Morgan fingerprint density at radius 3 is 1.70 bits per heavy atom. The van der Waals surface area contributed by atoms with Gasteiger partial charge in [0.25, 0.3) is 0 Å². The van der Waals surface area contributed by atoms with Gasteiger partial charge in [0, 0.05) is 13.0 Å². The minimum Gasteiger partial charge on any atom is -0.353 e. The Morgan fingerprint density at radius 2 is 1.30 bits per heavy atom. The summed E-state index contributed by atoms with van der Waals surface area (Å²) in [5, 5.41) is 0. The summed E-state index contributed by atoms with van der Waals surface area (Å²) in [6.07, 6.45) is -8.41. The SMILES string of the molecule is FC(F)(F)C(F)(F)C(F)(F)C(F)(F)C(F)(F)COC1CCCO1. The number of halogens is 11. The van der Waals surface area contributed by atoms with Gasteiger partial charge in [-0.05, 0) is 6.42 Å². The normalized spacial score (nSPS) is 21.8. The fraction of sp³-hybridized carbons (Fsp3) is 1.00. The van der Waals surface area contributed by atoms with Gasteiger partial charge in [-0.2, -0.15) is 48.3 Å². The molecule has 0 aromatic rings. The van der Waals surface area contributed by atoms with Gasteiger partial charge in [-0.1, -0.05) is 0 Å². The average molecular weight is 370 g/mol. The van der Waals surface area contributed by atoms with E-state index in [0.717, 1.165) is 0 Å². The van der Waals surface area contributed by atoms with E-state index in [1.54, 1.807) is 0 Å². The lowest BCUT2D eigenvalue weighted by atomic mass is 9.98. The summed E-state index contributed by atoms with van der Waals surface area (Å²) in [4.78, 5) is 0. The quantitative estimate of drug-likeness (QED) is 0.651. The number of hydrogen-bond donors (Lipinski definition) is 0. The van der Waals surface area contributed by atoms with Crippen LogP contribution in [0.25, 0.3) is 0 Å². The monoisotopic (exact) mass is 370 g/mol. The molecule has 2 nitrogen and oxygen atoms in total. The van der Waals surface area contributed by atoms with E-state index in [9.17, 15) is 48.3 Å². The predicted octanol–water partition coefficient (Wildman–Crippen LogP) is 4.24. The van der Waals surface area contributed by atoms with Crippen molar-refractivity contribution in [2.45, 2.75) is 49.0 Å².